The van der Waals surface area contributed by atoms with E-state index in [0.717, 1.165) is 8.79 Å². The molecule has 84 valence electrons. The van der Waals surface area contributed by atoms with Gasteiger partial charge in [-0.05, 0) is 34.1 Å². The second-order valence-corrected chi connectivity index (χ2v) is 5.55. The van der Waals surface area contributed by atoms with Crippen molar-refractivity contribution >= 4 is 38.2 Å². The summed E-state index contributed by atoms with van der Waals surface area (Å²) in [6.45, 7) is 0. The number of anilines is 1. The molecule has 0 unspecified atom stereocenters. The number of thiophene rings is 1. The minimum atomic E-state index is -0.330. The van der Waals surface area contributed by atoms with Gasteiger partial charge in [0.05, 0.1) is 19.9 Å². The van der Waals surface area contributed by atoms with Crippen LogP contribution in [0.4, 0.5) is 5.00 Å². The van der Waals surface area contributed by atoms with Crippen LogP contribution in [0.5, 0.6) is 0 Å². The number of hydrogen-bond donors (Lipinski definition) is 1. The first kappa shape index (κ1) is 11.8. The molecule has 0 saturated heterocycles. The zero-order chi connectivity index (χ0) is 12.3. The van der Waals surface area contributed by atoms with E-state index in [1.165, 1.54) is 29.8 Å². The molecule has 0 aliphatic heterocycles. The quantitative estimate of drug-likeness (QED) is 0.927. The number of carbonyl (C=O) groups is 1. The lowest BCUT2D eigenvalue weighted by molar-refractivity contribution is 0.102. The molecular weight excluding hydrogens is 302 g/mol. The second-order valence-electron chi connectivity index (χ2n) is 3.09. The summed E-state index contributed by atoms with van der Waals surface area (Å²) in [5, 5.41) is 12.3. The molecule has 2 aromatic rings. The van der Waals surface area contributed by atoms with Crippen molar-refractivity contribution in [3.8, 4) is 6.07 Å². The average Bonchev–Trinajstić information content (AvgIpc) is 2.74. The van der Waals surface area contributed by atoms with E-state index in [9.17, 15) is 4.79 Å². The van der Waals surface area contributed by atoms with Crippen molar-refractivity contribution in [3.05, 3.63) is 45.5 Å². The molecule has 2 heterocycles. The van der Waals surface area contributed by atoms with Crippen molar-refractivity contribution in [1.29, 1.82) is 5.26 Å². The number of aromatic nitrogens is 1. The van der Waals surface area contributed by atoms with Crippen molar-refractivity contribution in [2.24, 2.45) is 0 Å². The molecule has 0 fully saturated rings. The van der Waals surface area contributed by atoms with Gasteiger partial charge in [-0.3, -0.25) is 9.78 Å². The highest BCUT2D eigenvalue weighted by atomic mass is 79.9. The first-order chi connectivity index (χ1) is 8.20. The molecule has 2 rings (SSSR count). The third kappa shape index (κ3) is 2.70. The lowest BCUT2D eigenvalue weighted by Crippen LogP contribution is -2.12. The van der Waals surface area contributed by atoms with Crippen molar-refractivity contribution < 1.29 is 4.79 Å². The zero-order valence-corrected chi connectivity index (χ0v) is 10.9. The maximum Gasteiger partial charge on any atom is 0.259 e. The van der Waals surface area contributed by atoms with Crippen LogP contribution in [0.25, 0.3) is 0 Å². The fraction of sp³-hybridized carbons (Fsp3) is 0. The van der Waals surface area contributed by atoms with Crippen LogP contribution in [0.1, 0.15) is 15.9 Å². The topological polar surface area (TPSA) is 65.8 Å². The number of halogens is 1. The summed E-state index contributed by atoms with van der Waals surface area (Å²) in [4.78, 5) is 15.7. The number of hydrogen-bond acceptors (Lipinski definition) is 4. The third-order valence-electron chi connectivity index (χ3n) is 2.00. The monoisotopic (exact) mass is 307 g/mol. The standard InChI is InChI=1S/C11H6BrN3OS/c12-9-1-2-10(17-9)15-11(16)8-6-14-4-3-7(8)5-13/h1-4,6H,(H,15,16). The first-order valence-corrected chi connectivity index (χ1v) is 6.22. The molecular formula is C11H6BrN3OS. The zero-order valence-electron chi connectivity index (χ0n) is 8.48. The van der Waals surface area contributed by atoms with E-state index in [1.807, 2.05) is 12.1 Å². The number of amides is 1. The number of pyridine rings is 1. The van der Waals surface area contributed by atoms with Crippen LogP contribution in [0.2, 0.25) is 0 Å². The minimum Gasteiger partial charge on any atom is -0.313 e. The van der Waals surface area contributed by atoms with Crippen LogP contribution in [0.3, 0.4) is 0 Å². The SMILES string of the molecule is N#Cc1ccncc1C(=O)Nc1ccc(Br)s1. The van der Waals surface area contributed by atoms with Crippen molar-refractivity contribution in [2.45, 2.75) is 0 Å². The molecule has 0 spiro atoms. The predicted octanol–water partition coefficient (Wildman–Crippen LogP) is 3.03. The number of rotatable bonds is 2. The van der Waals surface area contributed by atoms with Crippen LogP contribution in [-0.2, 0) is 0 Å². The fourth-order valence-electron chi connectivity index (χ4n) is 1.23. The molecule has 2 aromatic heterocycles. The Morgan fingerprint density at radius 1 is 1.47 bits per heavy atom. The molecule has 0 saturated carbocycles. The Labute approximate surface area is 110 Å². The highest BCUT2D eigenvalue weighted by molar-refractivity contribution is 9.11. The molecule has 1 N–H and O–H groups in total. The van der Waals surface area contributed by atoms with Gasteiger partial charge in [0.2, 0.25) is 0 Å². The van der Waals surface area contributed by atoms with Crippen molar-refractivity contribution in [1.82, 2.24) is 4.98 Å². The molecule has 0 bridgehead atoms. The van der Waals surface area contributed by atoms with Gasteiger partial charge in [-0.1, -0.05) is 0 Å². The Hall–Kier alpha value is -1.71. The van der Waals surface area contributed by atoms with Crippen molar-refractivity contribution in [2.75, 3.05) is 5.32 Å². The summed E-state index contributed by atoms with van der Waals surface area (Å²) in [5.41, 5.74) is 0.590. The maximum atomic E-state index is 11.9. The normalized spacial score (nSPS) is 9.65. The largest absolute Gasteiger partial charge is 0.313 e. The van der Waals surface area contributed by atoms with Gasteiger partial charge in [0.25, 0.3) is 5.91 Å². The van der Waals surface area contributed by atoms with Gasteiger partial charge in [-0.2, -0.15) is 5.26 Å². The summed E-state index contributed by atoms with van der Waals surface area (Å²) < 4.78 is 0.930. The Balaban J connectivity index is 2.23. The van der Waals surface area contributed by atoms with E-state index in [0.29, 0.717) is 5.56 Å². The Bertz CT molecular complexity index is 603. The maximum absolute atomic E-state index is 11.9. The van der Waals surface area contributed by atoms with E-state index >= 15 is 0 Å². The third-order valence-corrected chi connectivity index (χ3v) is 3.54. The van der Waals surface area contributed by atoms with Crippen LogP contribution in [0, 0.1) is 11.3 Å². The predicted molar refractivity (Wildman–Crippen MR) is 68.9 cm³/mol. The van der Waals surface area contributed by atoms with Gasteiger partial charge in [-0.15, -0.1) is 11.3 Å². The van der Waals surface area contributed by atoms with E-state index in [4.69, 9.17) is 5.26 Å². The van der Waals surface area contributed by atoms with Crippen molar-refractivity contribution in [3.63, 3.8) is 0 Å². The summed E-state index contributed by atoms with van der Waals surface area (Å²) in [7, 11) is 0. The number of nitrogens with one attached hydrogen (secondary N) is 1. The minimum absolute atomic E-state index is 0.277. The van der Waals surface area contributed by atoms with E-state index in [-0.39, 0.29) is 11.5 Å². The molecule has 0 atom stereocenters. The molecule has 6 heteroatoms. The molecule has 0 aliphatic carbocycles. The number of nitriles is 1. The number of nitrogens with zero attached hydrogens (tertiary/aromatic N) is 2. The Morgan fingerprint density at radius 3 is 2.94 bits per heavy atom. The molecule has 0 radical (unpaired) electrons. The molecule has 0 aliphatic rings. The van der Waals surface area contributed by atoms with Gasteiger partial charge < -0.3 is 5.32 Å². The fourth-order valence-corrected chi connectivity index (χ4v) is 2.51. The van der Waals surface area contributed by atoms with Gasteiger partial charge in [0.1, 0.15) is 6.07 Å². The van der Waals surface area contributed by atoms with Gasteiger partial charge in [0.15, 0.2) is 0 Å². The molecule has 4 nitrogen and oxygen atoms in total. The highest BCUT2D eigenvalue weighted by Gasteiger charge is 2.12. The number of carbonyl (C=O) groups excluding carboxylic acids is 1. The molecule has 1 amide bonds. The van der Waals surface area contributed by atoms with Gasteiger partial charge >= 0.3 is 0 Å². The first-order valence-electron chi connectivity index (χ1n) is 4.61. The van der Waals surface area contributed by atoms with Crippen LogP contribution < -0.4 is 5.32 Å². The van der Waals surface area contributed by atoms with Crippen LogP contribution in [-0.4, -0.2) is 10.9 Å². The van der Waals surface area contributed by atoms with Crippen LogP contribution >= 0.6 is 27.3 Å². The van der Waals surface area contributed by atoms with E-state index in [2.05, 4.69) is 26.2 Å². The molecule has 0 aromatic carbocycles. The van der Waals surface area contributed by atoms with Gasteiger partial charge in [-0.25, -0.2) is 0 Å². The summed E-state index contributed by atoms with van der Waals surface area (Å²) in [6, 6.07) is 7.10. The Kier molecular flexibility index (Phi) is 3.52. The highest BCUT2D eigenvalue weighted by Crippen LogP contribution is 2.26. The lowest BCUT2D eigenvalue weighted by Gasteiger charge is -2.03. The van der Waals surface area contributed by atoms with Gasteiger partial charge in [0, 0.05) is 12.4 Å². The van der Waals surface area contributed by atoms with E-state index in [1.54, 1.807) is 6.07 Å². The summed E-state index contributed by atoms with van der Waals surface area (Å²) in [6.07, 6.45) is 2.87. The lowest BCUT2D eigenvalue weighted by atomic mass is 10.1. The summed E-state index contributed by atoms with van der Waals surface area (Å²) >= 11 is 4.71. The Morgan fingerprint density at radius 2 is 2.29 bits per heavy atom. The molecule has 17 heavy (non-hydrogen) atoms. The van der Waals surface area contributed by atoms with Crippen LogP contribution in [0.15, 0.2) is 34.4 Å². The van der Waals surface area contributed by atoms with E-state index < -0.39 is 0 Å². The smallest absolute Gasteiger partial charge is 0.259 e. The summed E-state index contributed by atoms with van der Waals surface area (Å²) in [5.74, 6) is -0.330. The second kappa shape index (κ2) is 5.08. The average molecular weight is 308 g/mol.